The quantitative estimate of drug-likeness (QED) is 0.859. The zero-order chi connectivity index (χ0) is 12.3. The maximum absolute atomic E-state index is 5.83. The standard InChI is InChI=1S/C12H19N3O2/c1-8(2)16-11-5-6-14-12(15-11)17-10-4-3-9(13)7-10/h5-6,8-10H,3-4,7,13H2,1-2H3. The average molecular weight is 237 g/mol. The summed E-state index contributed by atoms with van der Waals surface area (Å²) in [5, 5.41) is 0. The van der Waals surface area contributed by atoms with Gasteiger partial charge in [0, 0.05) is 18.3 Å². The Morgan fingerprint density at radius 3 is 2.88 bits per heavy atom. The summed E-state index contributed by atoms with van der Waals surface area (Å²) >= 11 is 0. The molecular formula is C12H19N3O2. The Morgan fingerprint density at radius 2 is 2.24 bits per heavy atom. The largest absolute Gasteiger partial charge is 0.475 e. The molecule has 5 nitrogen and oxygen atoms in total. The molecule has 0 saturated heterocycles. The Kier molecular flexibility index (Phi) is 3.78. The molecule has 1 heterocycles. The molecule has 2 unspecified atom stereocenters. The molecule has 2 N–H and O–H groups in total. The van der Waals surface area contributed by atoms with Crippen LogP contribution in [0.1, 0.15) is 33.1 Å². The van der Waals surface area contributed by atoms with E-state index in [-0.39, 0.29) is 18.2 Å². The van der Waals surface area contributed by atoms with Gasteiger partial charge in [-0.15, -0.1) is 0 Å². The molecular weight excluding hydrogens is 218 g/mol. The van der Waals surface area contributed by atoms with Crippen molar-refractivity contribution in [1.82, 2.24) is 9.97 Å². The molecule has 0 aliphatic heterocycles. The second-order valence-corrected chi connectivity index (χ2v) is 4.66. The van der Waals surface area contributed by atoms with Crippen molar-refractivity contribution >= 4 is 0 Å². The van der Waals surface area contributed by atoms with Gasteiger partial charge in [-0.3, -0.25) is 0 Å². The molecule has 0 spiro atoms. The number of ether oxygens (including phenoxy) is 2. The second-order valence-electron chi connectivity index (χ2n) is 4.66. The van der Waals surface area contributed by atoms with Crippen molar-refractivity contribution < 1.29 is 9.47 Å². The van der Waals surface area contributed by atoms with Crippen LogP contribution in [-0.4, -0.2) is 28.2 Å². The van der Waals surface area contributed by atoms with Gasteiger partial charge < -0.3 is 15.2 Å². The van der Waals surface area contributed by atoms with Crippen molar-refractivity contribution in [3.05, 3.63) is 12.3 Å². The molecule has 94 valence electrons. The fraction of sp³-hybridized carbons (Fsp3) is 0.667. The molecule has 0 bridgehead atoms. The monoisotopic (exact) mass is 237 g/mol. The van der Waals surface area contributed by atoms with Gasteiger partial charge in [0.05, 0.1) is 6.10 Å². The van der Waals surface area contributed by atoms with Gasteiger partial charge in [-0.1, -0.05) is 0 Å². The predicted molar refractivity (Wildman–Crippen MR) is 64.0 cm³/mol. The van der Waals surface area contributed by atoms with Crippen LogP contribution >= 0.6 is 0 Å². The van der Waals surface area contributed by atoms with Gasteiger partial charge in [0.15, 0.2) is 0 Å². The minimum Gasteiger partial charge on any atom is -0.475 e. The van der Waals surface area contributed by atoms with E-state index in [1.807, 2.05) is 13.8 Å². The lowest BCUT2D eigenvalue weighted by molar-refractivity contribution is 0.181. The van der Waals surface area contributed by atoms with E-state index in [0.29, 0.717) is 11.9 Å². The molecule has 0 radical (unpaired) electrons. The lowest BCUT2D eigenvalue weighted by atomic mass is 10.3. The van der Waals surface area contributed by atoms with Crippen LogP contribution in [-0.2, 0) is 0 Å². The summed E-state index contributed by atoms with van der Waals surface area (Å²) < 4.78 is 11.2. The van der Waals surface area contributed by atoms with Crippen molar-refractivity contribution in [2.75, 3.05) is 0 Å². The highest BCUT2D eigenvalue weighted by atomic mass is 16.5. The summed E-state index contributed by atoms with van der Waals surface area (Å²) in [6.07, 6.45) is 4.73. The molecule has 1 aromatic rings. The smallest absolute Gasteiger partial charge is 0.319 e. The number of rotatable bonds is 4. The fourth-order valence-corrected chi connectivity index (χ4v) is 1.92. The van der Waals surface area contributed by atoms with Gasteiger partial charge in [0.1, 0.15) is 6.10 Å². The molecule has 1 saturated carbocycles. The highest BCUT2D eigenvalue weighted by Crippen LogP contribution is 2.22. The highest BCUT2D eigenvalue weighted by molar-refractivity contribution is 5.11. The van der Waals surface area contributed by atoms with Gasteiger partial charge in [-0.25, -0.2) is 4.98 Å². The summed E-state index contributed by atoms with van der Waals surface area (Å²) in [6.45, 7) is 3.91. The van der Waals surface area contributed by atoms with E-state index < -0.39 is 0 Å². The van der Waals surface area contributed by atoms with E-state index in [0.717, 1.165) is 19.3 Å². The summed E-state index contributed by atoms with van der Waals surface area (Å²) in [6, 6.07) is 2.35. The van der Waals surface area contributed by atoms with Crippen molar-refractivity contribution in [1.29, 1.82) is 0 Å². The minimum absolute atomic E-state index is 0.0950. The predicted octanol–water partition coefficient (Wildman–Crippen LogP) is 1.52. The number of nitrogens with two attached hydrogens (primary N) is 1. The summed E-state index contributed by atoms with van der Waals surface area (Å²) in [4.78, 5) is 8.29. The molecule has 2 rings (SSSR count). The van der Waals surface area contributed by atoms with Crippen LogP contribution in [0.3, 0.4) is 0 Å². The van der Waals surface area contributed by atoms with Gasteiger partial charge in [0.25, 0.3) is 0 Å². The Bertz CT molecular complexity index is 371. The Labute approximate surface area is 101 Å². The van der Waals surface area contributed by atoms with Crippen LogP contribution in [0.15, 0.2) is 12.3 Å². The second kappa shape index (κ2) is 5.31. The first-order chi connectivity index (χ1) is 8.13. The van der Waals surface area contributed by atoms with Crippen LogP contribution in [0, 0.1) is 0 Å². The Balaban J connectivity index is 1.96. The minimum atomic E-state index is 0.0950. The Hall–Kier alpha value is -1.36. The normalized spacial score (nSPS) is 24.0. The lowest BCUT2D eigenvalue weighted by Crippen LogP contribution is -2.20. The van der Waals surface area contributed by atoms with Crippen molar-refractivity contribution in [3.63, 3.8) is 0 Å². The van der Waals surface area contributed by atoms with Crippen molar-refractivity contribution in [2.24, 2.45) is 5.73 Å². The van der Waals surface area contributed by atoms with E-state index in [2.05, 4.69) is 9.97 Å². The molecule has 17 heavy (non-hydrogen) atoms. The van der Waals surface area contributed by atoms with Gasteiger partial charge >= 0.3 is 6.01 Å². The third-order valence-corrected chi connectivity index (χ3v) is 2.66. The van der Waals surface area contributed by atoms with E-state index in [9.17, 15) is 0 Å². The van der Waals surface area contributed by atoms with Crippen LogP contribution in [0.2, 0.25) is 0 Å². The fourth-order valence-electron chi connectivity index (χ4n) is 1.92. The zero-order valence-corrected chi connectivity index (χ0v) is 10.3. The zero-order valence-electron chi connectivity index (χ0n) is 10.3. The van der Waals surface area contributed by atoms with Gasteiger partial charge in [-0.2, -0.15) is 4.98 Å². The van der Waals surface area contributed by atoms with Crippen LogP contribution in [0.4, 0.5) is 0 Å². The number of aromatic nitrogens is 2. The molecule has 0 aromatic carbocycles. The topological polar surface area (TPSA) is 70.3 Å². The molecule has 0 amide bonds. The Morgan fingerprint density at radius 1 is 1.41 bits per heavy atom. The SMILES string of the molecule is CC(C)Oc1ccnc(OC2CCC(N)C2)n1. The van der Waals surface area contributed by atoms with Gasteiger partial charge in [0.2, 0.25) is 5.88 Å². The van der Waals surface area contributed by atoms with Crippen molar-refractivity contribution in [3.8, 4) is 11.9 Å². The summed E-state index contributed by atoms with van der Waals surface area (Å²) in [5.41, 5.74) is 5.83. The van der Waals surface area contributed by atoms with Crippen LogP contribution < -0.4 is 15.2 Å². The van der Waals surface area contributed by atoms with E-state index in [4.69, 9.17) is 15.2 Å². The third-order valence-electron chi connectivity index (χ3n) is 2.66. The number of hydrogen-bond acceptors (Lipinski definition) is 5. The highest BCUT2D eigenvalue weighted by Gasteiger charge is 2.24. The van der Waals surface area contributed by atoms with Crippen molar-refractivity contribution in [2.45, 2.75) is 51.4 Å². The van der Waals surface area contributed by atoms with E-state index in [1.165, 1.54) is 0 Å². The third kappa shape index (κ3) is 3.56. The van der Waals surface area contributed by atoms with Crippen LogP contribution in [0.5, 0.6) is 11.9 Å². The maximum atomic E-state index is 5.83. The molecule has 1 aliphatic rings. The average Bonchev–Trinajstić information content (AvgIpc) is 2.63. The van der Waals surface area contributed by atoms with Crippen LogP contribution in [0.25, 0.3) is 0 Å². The lowest BCUT2D eigenvalue weighted by Gasteiger charge is -2.13. The van der Waals surface area contributed by atoms with Gasteiger partial charge in [-0.05, 0) is 33.1 Å². The number of nitrogens with zero attached hydrogens (tertiary/aromatic N) is 2. The molecule has 2 atom stereocenters. The number of hydrogen-bond donors (Lipinski definition) is 1. The first kappa shape index (κ1) is 12.1. The molecule has 1 fully saturated rings. The summed E-state index contributed by atoms with van der Waals surface area (Å²) in [5.74, 6) is 0.548. The molecule has 1 aromatic heterocycles. The van der Waals surface area contributed by atoms with E-state index >= 15 is 0 Å². The molecule has 1 aliphatic carbocycles. The van der Waals surface area contributed by atoms with E-state index in [1.54, 1.807) is 12.3 Å². The first-order valence-corrected chi connectivity index (χ1v) is 6.05. The maximum Gasteiger partial charge on any atom is 0.319 e. The first-order valence-electron chi connectivity index (χ1n) is 6.05. The molecule has 5 heteroatoms. The summed E-state index contributed by atoms with van der Waals surface area (Å²) in [7, 11) is 0.